The number of nitrogens with zero attached hydrogens (tertiary/aromatic N) is 4. The van der Waals surface area contributed by atoms with Gasteiger partial charge in [0.15, 0.2) is 5.69 Å². The van der Waals surface area contributed by atoms with E-state index in [-0.39, 0.29) is 22.1 Å². The van der Waals surface area contributed by atoms with Crippen LogP contribution in [0.15, 0.2) is 29.2 Å². The molecule has 2 saturated heterocycles. The second kappa shape index (κ2) is 10.8. The van der Waals surface area contributed by atoms with Crippen LogP contribution in [0.1, 0.15) is 26.5 Å². The van der Waals surface area contributed by atoms with E-state index in [2.05, 4.69) is 15.3 Å². The minimum absolute atomic E-state index is 0.0927. The van der Waals surface area contributed by atoms with E-state index in [1.54, 1.807) is 17.9 Å². The van der Waals surface area contributed by atoms with Gasteiger partial charge in [-0.2, -0.15) is 5.10 Å². The standard InChI is InChI=1S/C22H30N6O6S/c1-16-14-19(22(30)27-8-12-34-13-9-27)25-28(16)20-3-2-17(35(23,31)32)15-18(20)21(29)24-4-5-26-6-10-33-11-7-26/h2-3,14-15H,4-13H2,1H3,(H,24,29)(H2,23,31,32). The van der Waals surface area contributed by atoms with E-state index in [4.69, 9.17) is 14.6 Å². The van der Waals surface area contributed by atoms with E-state index < -0.39 is 15.9 Å². The second-order valence-corrected chi connectivity index (χ2v) is 9.98. The second-order valence-electron chi connectivity index (χ2n) is 8.42. The Hall–Kier alpha value is -2.84. The Bertz CT molecular complexity index is 1190. The number of rotatable bonds is 7. The van der Waals surface area contributed by atoms with Crippen molar-refractivity contribution >= 4 is 21.8 Å². The summed E-state index contributed by atoms with van der Waals surface area (Å²) in [6.45, 7) is 7.53. The molecule has 3 heterocycles. The lowest BCUT2D eigenvalue weighted by molar-refractivity contribution is 0.0298. The number of primary sulfonamides is 1. The van der Waals surface area contributed by atoms with Crippen LogP contribution in [0.2, 0.25) is 0 Å². The Morgan fingerprint density at radius 1 is 1.06 bits per heavy atom. The largest absolute Gasteiger partial charge is 0.379 e. The molecule has 3 N–H and O–H groups in total. The lowest BCUT2D eigenvalue weighted by atomic mass is 10.1. The zero-order valence-electron chi connectivity index (χ0n) is 19.6. The third-order valence-electron chi connectivity index (χ3n) is 5.99. The van der Waals surface area contributed by atoms with Crippen molar-refractivity contribution in [1.82, 2.24) is 24.9 Å². The van der Waals surface area contributed by atoms with Crippen molar-refractivity contribution in [2.45, 2.75) is 11.8 Å². The number of aromatic nitrogens is 2. The minimum atomic E-state index is -4.03. The molecule has 35 heavy (non-hydrogen) atoms. The SMILES string of the molecule is Cc1cc(C(=O)N2CCOCC2)nn1-c1ccc(S(N)(=O)=O)cc1C(=O)NCCN1CCOCC1. The minimum Gasteiger partial charge on any atom is -0.379 e. The van der Waals surface area contributed by atoms with E-state index in [0.29, 0.717) is 64.0 Å². The van der Waals surface area contributed by atoms with Crippen molar-refractivity contribution in [3.63, 3.8) is 0 Å². The van der Waals surface area contributed by atoms with E-state index in [1.807, 2.05) is 0 Å². The van der Waals surface area contributed by atoms with Gasteiger partial charge < -0.3 is 19.7 Å². The van der Waals surface area contributed by atoms with Gasteiger partial charge in [-0.05, 0) is 31.2 Å². The Morgan fingerprint density at radius 2 is 1.71 bits per heavy atom. The summed E-state index contributed by atoms with van der Waals surface area (Å²) in [5.41, 5.74) is 1.29. The molecular formula is C22H30N6O6S. The van der Waals surface area contributed by atoms with Gasteiger partial charge in [0.2, 0.25) is 10.0 Å². The summed E-state index contributed by atoms with van der Waals surface area (Å²) in [6, 6.07) is 5.67. The van der Waals surface area contributed by atoms with Crippen LogP contribution in [-0.4, -0.2) is 106 Å². The number of amides is 2. The van der Waals surface area contributed by atoms with Crippen LogP contribution in [-0.2, 0) is 19.5 Å². The Balaban J connectivity index is 1.59. The first-order valence-corrected chi connectivity index (χ1v) is 13.0. The summed E-state index contributed by atoms with van der Waals surface area (Å²) in [7, 11) is -4.03. The highest BCUT2D eigenvalue weighted by molar-refractivity contribution is 7.89. The van der Waals surface area contributed by atoms with Crippen LogP contribution in [0, 0.1) is 6.92 Å². The number of sulfonamides is 1. The Labute approximate surface area is 204 Å². The zero-order valence-corrected chi connectivity index (χ0v) is 20.4. The van der Waals surface area contributed by atoms with Gasteiger partial charge in [-0.25, -0.2) is 18.2 Å². The van der Waals surface area contributed by atoms with Gasteiger partial charge in [-0.15, -0.1) is 0 Å². The predicted octanol–water partition coefficient (Wildman–Crippen LogP) is -0.637. The monoisotopic (exact) mass is 506 g/mol. The smallest absolute Gasteiger partial charge is 0.274 e. The van der Waals surface area contributed by atoms with Crippen molar-refractivity contribution in [2.24, 2.45) is 5.14 Å². The molecular weight excluding hydrogens is 476 g/mol. The molecule has 0 atom stereocenters. The molecule has 2 fully saturated rings. The number of benzene rings is 1. The maximum Gasteiger partial charge on any atom is 0.274 e. The molecule has 12 nitrogen and oxygen atoms in total. The van der Waals surface area contributed by atoms with E-state index in [9.17, 15) is 18.0 Å². The third kappa shape index (κ3) is 6.05. The zero-order chi connectivity index (χ0) is 25.0. The Morgan fingerprint density at radius 3 is 2.37 bits per heavy atom. The molecule has 1 aromatic carbocycles. The van der Waals surface area contributed by atoms with Crippen LogP contribution in [0.25, 0.3) is 5.69 Å². The fourth-order valence-corrected chi connectivity index (χ4v) is 4.60. The van der Waals surface area contributed by atoms with Crippen LogP contribution >= 0.6 is 0 Å². The van der Waals surface area contributed by atoms with Crippen molar-refractivity contribution < 1.29 is 27.5 Å². The fourth-order valence-electron chi connectivity index (χ4n) is 4.06. The van der Waals surface area contributed by atoms with Crippen molar-refractivity contribution in [2.75, 3.05) is 65.7 Å². The summed E-state index contributed by atoms with van der Waals surface area (Å²) in [6.07, 6.45) is 0. The molecule has 0 unspecified atom stereocenters. The molecule has 0 spiro atoms. The molecule has 13 heteroatoms. The van der Waals surface area contributed by atoms with Crippen molar-refractivity contribution in [3.8, 4) is 5.69 Å². The molecule has 1 aromatic heterocycles. The molecule has 0 bridgehead atoms. The molecule has 0 aliphatic carbocycles. The number of carbonyl (C=O) groups excluding carboxylic acids is 2. The maximum atomic E-state index is 13.1. The summed E-state index contributed by atoms with van der Waals surface area (Å²) >= 11 is 0. The lowest BCUT2D eigenvalue weighted by Gasteiger charge is -2.26. The average Bonchev–Trinajstić information content (AvgIpc) is 3.25. The first-order valence-electron chi connectivity index (χ1n) is 11.4. The molecule has 0 saturated carbocycles. The average molecular weight is 507 g/mol. The molecule has 4 rings (SSSR count). The fraction of sp³-hybridized carbons (Fsp3) is 0.500. The number of morpholine rings is 2. The highest BCUT2D eigenvalue weighted by Gasteiger charge is 2.24. The third-order valence-corrected chi connectivity index (χ3v) is 6.90. The maximum absolute atomic E-state index is 13.1. The number of hydrogen-bond donors (Lipinski definition) is 2. The van der Waals surface area contributed by atoms with E-state index in [1.165, 1.54) is 22.9 Å². The summed E-state index contributed by atoms with van der Waals surface area (Å²) < 4.78 is 36.0. The van der Waals surface area contributed by atoms with Gasteiger partial charge in [0.25, 0.3) is 11.8 Å². The molecule has 2 aliphatic heterocycles. The van der Waals surface area contributed by atoms with Gasteiger partial charge in [-0.3, -0.25) is 14.5 Å². The summed E-state index contributed by atoms with van der Waals surface area (Å²) in [5, 5.41) is 12.6. The lowest BCUT2D eigenvalue weighted by Crippen LogP contribution is -2.41. The van der Waals surface area contributed by atoms with E-state index in [0.717, 1.165) is 13.1 Å². The van der Waals surface area contributed by atoms with Gasteiger partial charge >= 0.3 is 0 Å². The molecule has 2 aromatic rings. The normalized spacial score (nSPS) is 17.4. The number of hydrogen-bond acceptors (Lipinski definition) is 8. The number of ether oxygens (including phenoxy) is 2. The number of carbonyl (C=O) groups is 2. The van der Waals surface area contributed by atoms with Crippen LogP contribution in [0.5, 0.6) is 0 Å². The highest BCUT2D eigenvalue weighted by atomic mass is 32.2. The van der Waals surface area contributed by atoms with Crippen LogP contribution in [0.3, 0.4) is 0 Å². The van der Waals surface area contributed by atoms with Crippen LogP contribution < -0.4 is 10.5 Å². The molecule has 2 aliphatic rings. The number of aryl methyl sites for hydroxylation is 1. The first kappa shape index (κ1) is 25.3. The van der Waals surface area contributed by atoms with Crippen molar-refractivity contribution in [1.29, 1.82) is 0 Å². The van der Waals surface area contributed by atoms with Gasteiger partial charge in [0.1, 0.15) is 0 Å². The van der Waals surface area contributed by atoms with Crippen LogP contribution in [0.4, 0.5) is 0 Å². The van der Waals surface area contributed by atoms with Crippen molar-refractivity contribution in [3.05, 3.63) is 41.2 Å². The molecule has 190 valence electrons. The van der Waals surface area contributed by atoms with E-state index >= 15 is 0 Å². The highest BCUT2D eigenvalue weighted by Crippen LogP contribution is 2.22. The number of nitrogens with two attached hydrogens (primary N) is 1. The molecule has 2 amide bonds. The molecule has 0 radical (unpaired) electrons. The quantitative estimate of drug-likeness (QED) is 0.504. The summed E-state index contributed by atoms with van der Waals surface area (Å²) in [5.74, 6) is -0.692. The number of nitrogens with one attached hydrogen (secondary N) is 1. The topological polar surface area (TPSA) is 149 Å². The Kier molecular flexibility index (Phi) is 7.82. The predicted molar refractivity (Wildman–Crippen MR) is 126 cm³/mol. The van der Waals surface area contributed by atoms with Gasteiger partial charge in [0.05, 0.1) is 42.6 Å². The van der Waals surface area contributed by atoms with Gasteiger partial charge in [-0.1, -0.05) is 0 Å². The first-order chi connectivity index (χ1) is 16.7. The summed E-state index contributed by atoms with van der Waals surface area (Å²) in [4.78, 5) is 29.7. The van der Waals surface area contributed by atoms with Gasteiger partial charge in [0, 0.05) is 45.0 Å².